The van der Waals surface area contributed by atoms with Gasteiger partial charge in [0, 0.05) is 11.8 Å². The number of carbonyl (C=O) groups is 2. The lowest BCUT2D eigenvalue weighted by Gasteiger charge is -2.26. The number of hydrogen-bond acceptors (Lipinski definition) is 4. The molecule has 0 unspecified atom stereocenters. The molecule has 0 saturated heterocycles. The zero-order valence-corrected chi connectivity index (χ0v) is 10.5. The fraction of sp³-hybridized carbons (Fsp3) is 0.667. The summed E-state index contributed by atoms with van der Waals surface area (Å²) in [5.74, 6) is -0.724. The van der Waals surface area contributed by atoms with E-state index in [-0.39, 0.29) is 12.4 Å². The van der Waals surface area contributed by atoms with E-state index in [0.717, 1.165) is 0 Å². The lowest BCUT2D eigenvalue weighted by molar-refractivity contribution is -0.159. The van der Waals surface area contributed by atoms with Gasteiger partial charge in [-0.05, 0) is 26.7 Å². The Hall–Kier alpha value is -1.32. The van der Waals surface area contributed by atoms with Crippen LogP contribution in [0.15, 0.2) is 11.8 Å². The number of carbonyl (C=O) groups excluding carboxylic acids is 2. The normalized spacial score (nSPS) is 12.4. The standard InChI is InChI=1S/C12H21NO3/c1-5-12(6-2,11(15)16-7-3)10(14)8-9(4)13/h8H,5-7,13H2,1-4H3/b9-8-. The minimum atomic E-state index is -1.07. The first-order valence-corrected chi connectivity index (χ1v) is 5.60. The number of nitrogens with two attached hydrogens (primary N) is 1. The van der Waals surface area contributed by atoms with Crippen LogP contribution < -0.4 is 5.73 Å². The van der Waals surface area contributed by atoms with Crippen molar-refractivity contribution < 1.29 is 14.3 Å². The van der Waals surface area contributed by atoms with E-state index in [1.54, 1.807) is 27.7 Å². The fourth-order valence-corrected chi connectivity index (χ4v) is 1.60. The highest BCUT2D eigenvalue weighted by atomic mass is 16.5. The Morgan fingerprint density at radius 1 is 1.25 bits per heavy atom. The minimum Gasteiger partial charge on any atom is -0.465 e. The van der Waals surface area contributed by atoms with Crippen molar-refractivity contribution in [1.29, 1.82) is 0 Å². The molecule has 0 atom stereocenters. The molecule has 4 nitrogen and oxygen atoms in total. The van der Waals surface area contributed by atoms with Crippen molar-refractivity contribution in [2.45, 2.75) is 40.5 Å². The number of esters is 1. The van der Waals surface area contributed by atoms with Crippen LogP contribution in [0.25, 0.3) is 0 Å². The molecule has 0 aliphatic carbocycles. The van der Waals surface area contributed by atoms with E-state index < -0.39 is 11.4 Å². The highest BCUT2D eigenvalue weighted by Gasteiger charge is 2.42. The molecule has 0 rings (SSSR count). The topological polar surface area (TPSA) is 69.4 Å². The summed E-state index contributed by atoms with van der Waals surface area (Å²) in [6, 6.07) is 0. The lowest BCUT2D eigenvalue weighted by Crippen LogP contribution is -2.39. The van der Waals surface area contributed by atoms with Crippen LogP contribution in [0.2, 0.25) is 0 Å². The molecule has 16 heavy (non-hydrogen) atoms. The van der Waals surface area contributed by atoms with Crippen molar-refractivity contribution in [1.82, 2.24) is 0 Å². The highest BCUT2D eigenvalue weighted by molar-refractivity contribution is 6.09. The molecule has 4 heteroatoms. The molecule has 0 bridgehead atoms. The summed E-state index contributed by atoms with van der Waals surface area (Å²) in [7, 11) is 0. The van der Waals surface area contributed by atoms with Crippen molar-refractivity contribution in [2.75, 3.05) is 6.61 Å². The second-order valence-electron chi connectivity index (χ2n) is 3.76. The monoisotopic (exact) mass is 227 g/mol. The van der Waals surface area contributed by atoms with Gasteiger partial charge in [-0.2, -0.15) is 0 Å². The third-order valence-corrected chi connectivity index (χ3v) is 2.70. The molecule has 0 aromatic heterocycles. The average molecular weight is 227 g/mol. The summed E-state index contributed by atoms with van der Waals surface area (Å²) >= 11 is 0. The molecule has 0 aliphatic rings. The second-order valence-corrected chi connectivity index (χ2v) is 3.76. The summed E-state index contributed by atoms with van der Waals surface area (Å²) < 4.78 is 4.96. The van der Waals surface area contributed by atoms with Gasteiger partial charge in [-0.1, -0.05) is 13.8 Å². The number of hydrogen-bond donors (Lipinski definition) is 1. The minimum absolute atomic E-state index is 0.268. The van der Waals surface area contributed by atoms with Crippen LogP contribution >= 0.6 is 0 Å². The fourth-order valence-electron chi connectivity index (χ4n) is 1.60. The quantitative estimate of drug-likeness (QED) is 0.426. The van der Waals surface area contributed by atoms with Crippen LogP contribution in [0, 0.1) is 5.41 Å². The van der Waals surface area contributed by atoms with Gasteiger partial charge in [-0.15, -0.1) is 0 Å². The summed E-state index contributed by atoms with van der Waals surface area (Å²) in [4.78, 5) is 23.8. The summed E-state index contributed by atoms with van der Waals surface area (Å²) in [6.07, 6.45) is 2.15. The Labute approximate surface area is 96.8 Å². The maximum Gasteiger partial charge on any atom is 0.319 e. The molecule has 0 aliphatic heterocycles. The maximum absolute atomic E-state index is 12.0. The predicted octanol–water partition coefficient (Wildman–Crippen LogP) is 1.79. The van der Waals surface area contributed by atoms with Gasteiger partial charge < -0.3 is 10.5 Å². The summed E-state index contributed by atoms with van der Waals surface area (Å²) in [5.41, 5.74) is 4.79. The van der Waals surface area contributed by atoms with Crippen molar-refractivity contribution in [3.8, 4) is 0 Å². The van der Waals surface area contributed by atoms with Crippen LogP contribution in [-0.2, 0) is 14.3 Å². The average Bonchev–Trinajstić information content (AvgIpc) is 2.19. The molecule has 92 valence electrons. The molecule has 0 aromatic carbocycles. The molecule has 0 aromatic rings. The van der Waals surface area contributed by atoms with Gasteiger partial charge in [0.2, 0.25) is 0 Å². The molecule has 0 spiro atoms. The van der Waals surface area contributed by atoms with Crippen LogP contribution in [0.5, 0.6) is 0 Å². The van der Waals surface area contributed by atoms with E-state index >= 15 is 0 Å². The predicted molar refractivity (Wildman–Crippen MR) is 62.6 cm³/mol. The molecule has 0 fully saturated rings. The number of allylic oxidation sites excluding steroid dienone is 2. The third-order valence-electron chi connectivity index (χ3n) is 2.70. The Morgan fingerprint density at radius 2 is 1.75 bits per heavy atom. The van der Waals surface area contributed by atoms with Crippen LogP contribution in [0.3, 0.4) is 0 Å². The Bertz CT molecular complexity index is 287. The van der Waals surface area contributed by atoms with E-state index in [0.29, 0.717) is 18.5 Å². The summed E-state index contributed by atoms with van der Waals surface area (Å²) in [6.45, 7) is 7.23. The Morgan fingerprint density at radius 3 is 2.06 bits per heavy atom. The first-order chi connectivity index (χ1) is 7.44. The number of ether oxygens (including phenoxy) is 1. The Kier molecular flexibility index (Phi) is 5.78. The molecular weight excluding hydrogens is 206 g/mol. The molecular formula is C12H21NO3. The van der Waals surface area contributed by atoms with Crippen molar-refractivity contribution >= 4 is 11.8 Å². The maximum atomic E-state index is 12.0. The Balaban J connectivity index is 5.17. The molecule has 0 saturated carbocycles. The van der Waals surface area contributed by atoms with E-state index in [4.69, 9.17) is 10.5 Å². The van der Waals surface area contributed by atoms with Gasteiger partial charge in [-0.25, -0.2) is 0 Å². The van der Waals surface area contributed by atoms with Gasteiger partial charge >= 0.3 is 5.97 Å². The van der Waals surface area contributed by atoms with Gasteiger partial charge in [0.15, 0.2) is 5.78 Å². The SMILES string of the molecule is CCOC(=O)C(CC)(CC)C(=O)/C=C(/C)N. The molecule has 0 radical (unpaired) electrons. The lowest BCUT2D eigenvalue weighted by atomic mass is 9.78. The van der Waals surface area contributed by atoms with Crippen molar-refractivity contribution in [2.24, 2.45) is 11.1 Å². The zero-order chi connectivity index (χ0) is 12.8. The van der Waals surface area contributed by atoms with E-state index in [9.17, 15) is 9.59 Å². The smallest absolute Gasteiger partial charge is 0.319 e. The molecule has 0 amide bonds. The van der Waals surface area contributed by atoms with Crippen LogP contribution in [0.1, 0.15) is 40.5 Å². The van der Waals surface area contributed by atoms with Crippen LogP contribution in [-0.4, -0.2) is 18.4 Å². The van der Waals surface area contributed by atoms with Gasteiger partial charge in [0.1, 0.15) is 5.41 Å². The summed E-state index contributed by atoms with van der Waals surface area (Å²) in [5, 5.41) is 0. The van der Waals surface area contributed by atoms with Crippen molar-refractivity contribution in [3.63, 3.8) is 0 Å². The zero-order valence-electron chi connectivity index (χ0n) is 10.5. The van der Waals surface area contributed by atoms with E-state index in [1.165, 1.54) is 6.08 Å². The first kappa shape index (κ1) is 14.7. The molecule has 2 N–H and O–H groups in total. The largest absolute Gasteiger partial charge is 0.465 e. The second kappa shape index (κ2) is 6.30. The molecule has 0 heterocycles. The third kappa shape index (κ3) is 3.08. The van der Waals surface area contributed by atoms with Gasteiger partial charge in [0.05, 0.1) is 6.61 Å². The van der Waals surface area contributed by atoms with E-state index in [2.05, 4.69) is 0 Å². The highest BCUT2D eigenvalue weighted by Crippen LogP contribution is 2.30. The van der Waals surface area contributed by atoms with Gasteiger partial charge in [0.25, 0.3) is 0 Å². The number of rotatable bonds is 6. The van der Waals surface area contributed by atoms with Crippen molar-refractivity contribution in [3.05, 3.63) is 11.8 Å². The van der Waals surface area contributed by atoms with E-state index in [1.807, 2.05) is 0 Å². The van der Waals surface area contributed by atoms with Gasteiger partial charge in [-0.3, -0.25) is 9.59 Å². The first-order valence-electron chi connectivity index (χ1n) is 5.60. The number of ketones is 1. The van der Waals surface area contributed by atoms with Crippen LogP contribution in [0.4, 0.5) is 0 Å².